The highest BCUT2D eigenvalue weighted by atomic mass is 32.1. The zero-order valence-corrected chi connectivity index (χ0v) is 11.1. The molecule has 2 heterocycles. The Morgan fingerprint density at radius 3 is 3.18 bits per heavy atom. The molecule has 0 bridgehead atoms. The highest BCUT2D eigenvalue weighted by Crippen LogP contribution is 2.14. The minimum Gasteiger partial charge on any atom is -0.341 e. The van der Waals surface area contributed by atoms with E-state index in [2.05, 4.69) is 22.8 Å². The molecule has 1 unspecified atom stereocenters. The van der Waals surface area contributed by atoms with E-state index in [9.17, 15) is 4.79 Å². The van der Waals surface area contributed by atoms with Gasteiger partial charge < -0.3 is 10.2 Å². The Balaban J connectivity index is 1.67. The van der Waals surface area contributed by atoms with Gasteiger partial charge in [-0.2, -0.15) is 0 Å². The SMILES string of the molecule is CNC1CCN(C(=O)CCCc2cccs2)C1. The normalized spacial score (nSPS) is 19.8. The number of aryl methyl sites for hydroxylation is 1. The molecule has 0 aliphatic carbocycles. The summed E-state index contributed by atoms with van der Waals surface area (Å²) >= 11 is 1.78. The quantitative estimate of drug-likeness (QED) is 0.868. The summed E-state index contributed by atoms with van der Waals surface area (Å²) in [6, 6.07) is 4.71. The van der Waals surface area contributed by atoms with Crippen LogP contribution in [0.3, 0.4) is 0 Å². The number of amides is 1. The first-order chi connectivity index (χ1) is 8.29. The lowest BCUT2D eigenvalue weighted by Crippen LogP contribution is -2.33. The van der Waals surface area contributed by atoms with E-state index in [1.165, 1.54) is 4.88 Å². The Bertz CT molecular complexity index is 350. The second-order valence-electron chi connectivity index (χ2n) is 4.55. The Labute approximate surface area is 107 Å². The number of carbonyl (C=O) groups is 1. The summed E-state index contributed by atoms with van der Waals surface area (Å²) in [6.07, 6.45) is 3.79. The molecule has 0 saturated carbocycles. The summed E-state index contributed by atoms with van der Waals surface area (Å²) in [5, 5.41) is 5.33. The molecule has 4 heteroatoms. The third-order valence-electron chi connectivity index (χ3n) is 3.34. The second-order valence-corrected chi connectivity index (χ2v) is 5.58. The first kappa shape index (κ1) is 12.6. The van der Waals surface area contributed by atoms with Crippen molar-refractivity contribution in [2.75, 3.05) is 20.1 Å². The van der Waals surface area contributed by atoms with Gasteiger partial charge in [-0.15, -0.1) is 11.3 Å². The third kappa shape index (κ3) is 3.54. The minimum absolute atomic E-state index is 0.319. The summed E-state index contributed by atoms with van der Waals surface area (Å²) in [4.78, 5) is 15.3. The van der Waals surface area contributed by atoms with Crippen LogP contribution in [0.25, 0.3) is 0 Å². The highest BCUT2D eigenvalue weighted by molar-refractivity contribution is 7.09. The maximum Gasteiger partial charge on any atom is 0.222 e. The lowest BCUT2D eigenvalue weighted by molar-refractivity contribution is -0.130. The van der Waals surface area contributed by atoms with Gasteiger partial charge in [0, 0.05) is 30.4 Å². The topological polar surface area (TPSA) is 32.3 Å². The molecule has 17 heavy (non-hydrogen) atoms. The van der Waals surface area contributed by atoms with Gasteiger partial charge in [0.25, 0.3) is 0 Å². The Kier molecular flexibility index (Phi) is 4.57. The van der Waals surface area contributed by atoms with Crippen molar-refractivity contribution in [2.24, 2.45) is 0 Å². The van der Waals surface area contributed by atoms with Crippen molar-refractivity contribution in [2.45, 2.75) is 31.7 Å². The van der Waals surface area contributed by atoms with E-state index in [0.29, 0.717) is 18.4 Å². The number of thiophene rings is 1. The largest absolute Gasteiger partial charge is 0.341 e. The second kappa shape index (κ2) is 6.17. The Hall–Kier alpha value is -0.870. The van der Waals surface area contributed by atoms with Crippen molar-refractivity contribution in [3.63, 3.8) is 0 Å². The van der Waals surface area contributed by atoms with Gasteiger partial charge in [0.05, 0.1) is 0 Å². The van der Waals surface area contributed by atoms with Gasteiger partial charge in [0.1, 0.15) is 0 Å². The molecule has 1 atom stereocenters. The standard InChI is InChI=1S/C13H20N2OS/c1-14-11-7-8-15(10-11)13(16)6-2-4-12-5-3-9-17-12/h3,5,9,11,14H,2,4,6-8,10H2,1H3. The van der Waals surface area contributed by atoms with E-state index in [-0.39, 0.29) is 0 Å². The molecule has 1 N–H and O–H groups in total. The van der Waals surface area contributed by atoms with Crippen molar-refractivity contribution in [1.82, 2.24) is 10.2 Å². The first-order valence-electron chi connectivity index (χ1n) is 6.27. The van der Waals surface area contributed by atoms with Crippen LogP contribution in [0.5, 0.6) is 0 Å². The van der Waals surface area contributed by atoms with E-state index in [1.807, 2.05) is 11.9 Å². The molecular weight excluding hydrogens is 232 g/mol. The lowest BCUT2D eigenvalue weighted by Gasteiger charge is -2.16. The van der Waals surface area contributed by atoms with Crippen molar-refractivity contribution in [3.05, 3.63) is 22.4 Å². The van der Waals surface area contributed by atoms with Gasteiger partial charge in [-0.05, 0) is 37.8 Å². The summed E-state index contributed by atoms with van der Waals surface area (Å²) in [5.41, 5.74) is 0. The van der Waals surface area contributed by atoms with Crippen molar-refractivity contribution < 1.29 is 4.79 Å². The fraction of sp³-hybridized carbons (Fsp3) is 0.615. The lowest BCUT2D eigenvalue weighted by atomic mass is 10.2. The smallest absolute Gasteiger partial charge is 0.222 e. The number of hydrogen-bond donors (Lipinski definition) is 1. The number of likely N-dealkylation sites (tertiary alicyclic amines) is 1. The van der Waals surface area contributed by atoms with Crippen molar-refractivity contribution in [3.8, 4) is 0 Å². The molecule has 3 nitrogen and oxygen atoms in total. The molecule has 1 aliphatic heterocycles. The Morgan fingerprint density at radius 2 is 2.53 bits per heavy atom. The van der Waals surface area contributed by atoms with E-state index < -0.39 is 0 Å². The monoisotopic (exact) mass is 252 g/mol. The van der Waals surface area contributed by atoms with Crippen LogP contribution in [0.1, 0.15) is 24.1 Å². The number of nitrogens with zero attached hydrogens (tertiary/aromatic N) is 1. The van der Waals surface area contributed by atoms with Crippen LogP contribution in [0.15, 0.2) is 17.5 Å². The molecule has 1 aliphatic rings. The van der Waals surface area contributed by atoms with E-state index in [1.54, 1.807) is 11.3 Å². The maximum atomic E-state index is 11.9. The molecule has 1 fully saturated rings. The van der Waals surface area contributed by atoms with Crippen LogP contribution in [0.2, 0.25) is 0 Å². The van der Waals surface area contributed by atoms with Gasteiger partial charge in [-0.25, -0.2) is 0 Å². The number of carbonyl (C=O) groups excluding carboxylic acids is 1. The van der Waals surface area contributed by atoms with Crippen LogP contribution in [0.4, 0.5) is 0 Å². The van der Waals surface area contributed by atoms with Gasteiger partial charge >= 0.3 is 0 Å². The zero-order chi connectivity index (χ0) is 12.1. The first-order valence-corrected chi connectivity index (χ1v) is 7.15. The summed E-state index contributed by atoms with van der Waals surface area (Å²) in [5.74, 6) is 0.319. The summed E-state index contributed by atoms with van der Waals surface area (Å²) < 4.78 is 0. The third-order valence-corrected chi connectivity index (χ3v) is 4.28. The van der Waals surface area contributed by atoms with Crippen LogP contribution in [0, 0.1) is 0 Å². The molecule has 1 aromatic heterocycles. The van der Waals surface area contributed by atoms with Crippen LogP contribution >= 0.6 is 11.3 Å². The number of nitrogens with one attached hydrogen (secondary N) is 1. The van der Waals surface area contributed by atoms with Gasteiger partial charge in [0.2, 0.25) is 5.91 Å². The maximum absolute atomic E-state index is 11.9. The van der Waals surface area contributed by atoms with E-state index in [4.69, 9.17) is 0 Å². The number of rotatable bonds is 5. The van der Waals surface area contributed by atoms with E-state index >= 15 is 0 Å². The molecule has 1 aromatic rings. The average Bonchev–Trinajstić information content (AvgIpc) is 2.99. The Morgan fingerprint density at radius 1 is 1.65 bits per heavy atom. The summed E-state index contributed by atoms with van der Waals surface area (Å²) in [7, 11) is 1.97. The molecule has 0 spiro atoms. The van der Waals surface area contributed by atoms with Gasteiger partial charge in [-0.1, -0.05) is 6.07 Å². The zero-order valence-electron chi connectivity index (χ0n) is 10.3. The molecule has 94 valence electrons. The molecule has 2 rings (SSSR count). The molecule has 1 amide bonds. The average molecular weight is 252 g/mol. The predicted octanol–water partition coefficient (Wildman–Crippen LogP) is 1.89. The summed E-state index contributed by atoms with van der Waals surface area (Å²) in [6.45, 7) is 1.80. The van der Waals surface area contributed by atoms with Crippen LogP contribution < -0.4 is 5.32 Å². The predicted molar refractivity (Wildman–Crippen MR) is 71.3 cm³/mol. The number of hydrogen-bond acceptors (Lipinski definition) is 3. The van der Waals surface area contributed by atoms with E-state index in [0.717, 1.165) is 32.4 Å². The molecular formula is C13H20N2OS. The van der Waals surface area contributed by atoms with Crippen molar-refractivity contribution >= 4 is 17.2 Å². The number of likely N-dealkylation sites (N-methyl/N-ethyl adjacent to an activating group) is 1. The molecule has 1 saturated heterocycles. The van der Waals surface area contributed by atoms with Crippen LogP contribution in [-0.4, -0.2) is 37.0 Å². The van der Waals surface area contributed by atoms with Crippen LogP contribution in [-0.2, 0) is 11.2 Å². The molecule has 0 aromatic carbocycles. The van der Waals surface area contributed by atoms with Gasteiger partial charge in [0.15, 0.2) is 0 Å². The van der Waals surface area contributed by atoms with Gasteiger partial charge in [-0.3, -0.25) is 4.79 Å². The minimum atomic E-state index is 0.319. The fourth-order valence-corrected chi connectivity index (χ4v) is 3.00. The van der Waals surface area contributed by atoms with Crippen molar-refractivity contribution in [1.29, 1.82) is 0 Å². The molecule has 0 radical (unpaired) electrons. The fourth-order valence-electron chi connectivity index (χ4n) is 2.25. The highest BCUT2D eigenvalue weighted by Gasteiger charge is 2.24.